The molecule has 2 aromatic rings. The van der Waals surface area contributed by atoms with Gasteiger partial charge in [-0.2, -0.15) is 5.26 Å². The van der Waals surface area contributed by atoms with Crippen LogP contribution in [-0.2, 0) is 0 Å². The van der Waals surface area contributed by atoms with Crippen molar-refractivity contribution in [2.75, 3.05) is 11.5 Å². The van der Waals surface area contributed by atoms with Crippen LogP contribution in [0, 0.1) is 11.3 Å². The minimum atomic E-state index is -1.14. The topological polar surface area (TPSA) is 94.3 Å². The molecule has 0 bridgehead atoms. The third-order valence-electron chi connectivity index (χ3n) is 3.54. The summed E-state index contributed by atoms with van der Waals surface area (Å²) in [6, 6.07) is 16.3. The summed E-state index contributed by atoms with van der Waals surface area (Å²) in [5.74, 6) is 1.77. The predicted molar refractivity (Wildman–Crippen MR) is 93.1 cm³/mol. The fourth-order valence-electron chi connectivity index (χ4n) is 2.45. The van der Waals surface area contributed by atoms with Crippen LogP contribution in [-0.4, -0.2) is 5.60 Å². The van der Waals surface area contributed by atoms with Crippen LogP contribution in [0.2, 0.25) is 0 Å². The molecule has 5 nitrogen and oxygen atoms in total. The van der Waals surface area contributed by atoms with E-state index in [9.17, 15) is 5.26 Å². The molecule has 0 fully saturated rings. The molecule has 1 atom stereocenters. The molecule has 2 aromatic carbocycles. The summed E-state index contributed by atoms with van der Waals surface area (Å²) in [7, 11) is 0. The lowest BCUT2D eigenvalue weighted by Gasteiger charge is -2.28. The van der Waals surface area contributed by atoms with Gasteiger partial charge in [-0.1, -0.05) is 18.2 Å². The zero-order chi connectivity index (χ0) is 17.0. The third-order valence-corrected chi connectivity index (χ3v) is 3.54. The van der Waals surface area contributed by atoms with Crippen molar-refractivity contribution in [2.24, 2.45) is 0 Å². The van der Waals surface area contributed by atoms with Crippen molar-refractivity contribution < 1.29 is 9.47 Å². The summed E-state index contributed by atoms with van der Waals surface area (Å²) < 4.78 is 11.7. The molecule has 0 aliphatic heterocycles. The Bertz CT molecular complexity index is 852. The van der Waals surface area contributed by atoms with Gasteiger partial charge in [0.2, 0.25) is 5.60 Å². The van der Waals surface area contributed by atoms with Gasteiger partial charge in [-0.3, -0.25) is 0 Å². The quantitative estimate of drug-likeness (QED) is 0.842. The standard InChI is InChI=1S/C19H17N3O2/c20-13-19(24-17-7-2-5-15(22)11-17)9-3-8-18(12-19)23-16-6-1-4-14(21)10-16/h1-11H,12,21-22H2. The first-order valence-electron chi connectivity index (χ1n) is 7.46. The molecule has 0 saturated carbocycles. The molecule has 5 heteroatoms. The number of anilines is 2. The fraction of sp³-hybridized carbons (Fsp3) is 0.105. The van der Waals surface area contributed by atoms with E-state index in [0.29, 0.717) is 28.6 Å². The number of hydrogen-bond acceptors (Lipinski definition) is 5. The van der Waals surface area contributed by atoms with Crippen molar-refractivity contribution in [1.29, 1.82) is 5.26 Å². The second-order valence-corrected chi connectivity index (χ2v) is 5.52. The molecule has 3 rings (SSSR count). The Morgan fingerprint density at radius 3 is 2.33 bits per heavy atom. The van der Waals surface area contributed by atoms with Crippen LogP contribution in [0.3, 0.4) is 0 Å². The van der Waals surface area contributed by atoms with E-state index in [2.05, 4.69) is 6.07 Å². The lowest BCUT2D eigenvalue weighted by molar-refractivity contribution is 0.162. The molecule has 0 aromatic heterocycles. The molecule has 120 valence electrons. The summed E-state index contributed by atoms with van der Waals surface area (Å²) in [6.07, 6.45) is 5.55. The summed E-state index contributed by atoms with van der Waals surface area (Å²) in [4.78, 5) is 0. The molecule has 1 aliphatic carbocycles. The number of nitriles is 1. The zero-order valence-corrected chi connectivity index (χ0v) is 13.0. The molecule has 1 unspecified atom stereocenters. The fourth-order valence-corrected chi connectivity index (χ4v) is 2.45. The van der Waals surface area contributed by atoms with Crippen molar-refractivity contribution >= 4 is 11.4 Å². The first kappa shape index (κ1) is 15.5. The van der Waals surface area contributed by atoms with Gasteiger partial charge in [-0.25, -0.2) is 0 Å². The summed E-state index contributed by atoms with van der Waals surface area (Å²) in [5.41, 5.74) is 11.6. The van der Waals surface area contributed by atoms with Crippen LogP contribution < -0.4 is 20.9 Å². The number of nitrogens with two attached hydrogens (primary N) is 2. The molecule has 0 saturated heterocycles. The Hall–Kier alpha value is -3.39. The van der Waals surface area contributed by atoms with Crippen molar-refractivity contribution in [2.45, 2.75) is 12.0 Å². The Labute approximate surface area is 140 Å². The van der Waals surface area contributed by atoms with E-state index >= 15 is 0 Å². The van der Waals surface area contributed by atoms with Gasteiger partial charge in [0.15, 0.2) is 0 Å². The van der Waals surface area contributed by atoms with E-state index in [1.54, 1.807) is 48.6 Å². The Kier molecular flexibility index (Phi) is 4.13. The van der Waals surface area contributed by atoms with E-state index in [-0.39, 0.29) is 6.42 Å². The number of nitrogen functional groups attached to an aromatic ring is 2. The maximum Gasteiger partial charge on any atom is 0.220 e. The second kappa shape index (κ2) is 6.39. The molecule has 0 amide bonds. The predicted octanol–water partition coefficient (Wildman–Crippen LogP) is 3.41. The van der Waals surface area contributed by atoms with Gasteiger partial charge in [0.25, 0.3) is 0 Å². The Morgan fingerprint density at radius 1 is 1.00 bits per heavy atom. The summed E-state index contributed by atoms with van der Waals surface area (Å²) in [5, 5.41) is 9.64. The SMILES string of the molecule is N#CC1(Oc2cccc(N)c2)C=CC=C(Oc2cccc(N)c2)C1. The van der Waals surface area contributed by atoms with Crippen molar-refractivity contribution in [3.05, 3.63) is 72.5 Å². The van der Waals surface area contributed by atoms with E-state index in [4.69, 9.17) is 20.9 Å². The van der Waals surface area contributed by atoms with Gasteiger partial charge in [0, 0.05) is 23.5 Å². The van der Waals surface area contributed by atoms with Crippen molar-refractivity contribution in [1.82, 2.24) is 0 Å². The average Bonchev–Trinajstić information content (AvgIpc) is 2.55. The largest absolute Gasteiger partial charge is 0.468 e. The van der Waals surface area contributed by atoms with Gasteiger partial charge < -0.3 is 20.9 Å². The molecule has 24 heavy (non-hydrogen) atoms. The van der Waals surface area contributed by atoms with Crippen LogP contribution in [0.15, 0.2) is 72.5 Å². The van der Waals surface area contributed by atoms with Crippen LogP contribution in [0.1, 0.15) is 6.42 Å². The minimum absolute atomic E-state index is 0.281. The van der Waals surface area contributed by atoms with E-state index in [0.717, 1.165) is 0 Å². The smallest absolute Gasteiger partial charge is 0.220 e. The van der Waals surface area contributed by atoms with E-state index in [1.165, 1.54) is 0 Å². The molecule has 4 N–H and O–H groups in total. The highest BCUT2D eigenvalue weighted by atomic mass is 16.5. The average molecular weight is 319 g/mol. The van der Waals surface area contributed by atoms with Crippen molar-refractivity contribution in [3.8, 4) is 17.6 Å². The molecule has 0 radical (unpaired) electrons. The number of hydrogen-bond donors (Lipinski definition) is 2. The van der Waals surface area contributed by atoms with E-state index in [1.807, 2.05) is 18.2 Å². The van der Waals surface area contributed by atoms with Crippen LogP contribution in [0.5, 0.6) is 11.5 Å². The molecular weight excluding hydrogens is 302 g/mol. The maximum atomic E-state index is 9.64. The molecular formula is C19H17N3O2. The molecule has 0 spiro atoms. The zero-order valence-electron chi connectivity index (χ0n) is 13.0. The maximum absolute atomic E-state index is 9.64. The third kappa shape index (κ3) is 3.50. The number of rotatable bonds is 4. The van der Waals surface area contributed by atoms with Gasteiger partial charge in [-0.05, 0) is 36.4 Å². The number of benzene rings is 2. The Morgan fingerprint density at radius 2 is 1.67 bits per heavy atom. The number of allylic oxidation sites excluding steroid dienone is 2. The molecule has 1 aliphatic rings. The second-order valence-electron chi connectivity index (χ2n) is 5.52. The first-order chi connectivity index (χ1) is 11.6. The lowest BCUT2D eigenvalue weighted by atomic mass is 9.95. The van der Waals surface area contributed by atoms with Crippen LogP contribution in [0.25, 0.3) is 0 Å². The van der Waals surface area contributed by atoms with Crippen molar-refractivity contribution in [3.63, 3.8) is 0 Å². The lowest BCUT2D eigenvalue weighted by Crippen LogP contribution is -2.34. The highest BCUT2D eigenvalue weighted by molar-refractivity contribution is 5.46. The number of ether oxygens (including phenoxy) is 2. The first-order valence-corrected chi connectivity index (χ1v) is 7.46. The van der Waals surface area contributed by atoms with Crippen LogP contribution in [0.4, 0.5) is 11.4 Å². The Balaban J connectivity index is 1.78. The number of nitrogens with zero attached hydrogens (tertiary/aromatic N) is 1. The summed E-state index contributed by atoms with van der Waals surface area (Å²) in [6.45, 7) is 0. The van der Waals surface area contributed by atoms with Gasteiger partial charge in [0.1, 0.15) is 23.3 Å². The van der Waals surface area contributed by atoms with Gasteiger partial charge >= 0.3 is 0 Å². The minimum Gasteiger partial charge on any atom is -0.468 e. The molecule has 0 heterocycles. The normalized spacial score (nSPS) is 19.2. The highest BCUT2D eigenvalue weighted by Crippen LogP contribution is 2.31. The summed E-state index contributed by atoms with van der Waals surface area (Å²) >= 11 is 0. The van der Waals surface area contributed by atoms with E-state index < -0.39 is 5.60 Å². The van der Waals surface area contributed by atoms with Gasteiger partial charge in [0.05, 0.1) is 6.42 Å². The monoisotopic (exact) mass is 319 g/mol. The van der Waals surface area contributed by atoms with Crippen LogP contribution >= 0.6 is 0 Å². The van der Waals surface area contributed by atoms with Gasteiger partial charge in [-0.15, -0.1) is 0 Å². The highest BCUT2D eigenvalue weighted by Gasteiger charge is 2.33.